The lowest BCUT2D eigenvalue weighted by Crippen LogP contribution is -2.36. The van der Waals surface area contributed by atoms with Gasteiger partial charge in [0.05, 0.1) is 7.11 Å². The van der Waals surface area contributed by atoms with Crippen LogP contribution in [0.3, 0.4) is 0 Å². The third-order valence-corrected chi connectivity index (χ3v) is 2.22. The van der Waals surface area contributed by atoms with E-state index in [2.05, 4.69) is 15.6 Å². The first-order valence-corrected chi connectivity index (χ1v) is 5.42. The minimum Gasteiger partial charge on any atom is -0.466 e. The number of carbonyl (C=O) groups is 2. The minimum atomic E-state index is -0.482. The molecule has 96 valence electrons. The molecule has 0 aliphatic heterocycles. The van der Waals surface area contributed by atoms with Crippen molar-refractivity contribution in [2.75, 3.05) is 7.11 Å². The fourth-order valence-electron chi connectivity index (χ4n) is 1.20. The van der Waals surface area contributed by atoms with Crippen molar-refractivity contribution in [2.45, 2.75) is 13.8 Å². The van der Waals surface area contributed by atoms with Gasteiger partial charge >= 0.3 is 5.97 Å². The Morgan fingerprint density at radius 3 is 2.33 bits per heavy atom. The first-order chi connectivity index (χ1) is 8.52. The average molecular weight is 248 g/mol. The summed E-state index contributed by atoms with van der Waals surface area (Å²) in [5.41, 5.74) is 7.22. The van der Waals surface area contributed by atoms with Crippen LogP contribution in [-0.2, 0) is 9.53 Å². The molecule has 2 N–H and O–H groups in total. The van der Waals surface area contributed by atoms with E-state index in [1.165, 1.54) is 13.2 Å². The summed E-state index contributed by atoms with van der Waals surface area (Å²) in [6.07, 6.45) is 1.25. The lowest BCUT2D eigenvalue weighted by atomic mass is 10.1. The van der Waals surface area contributed by atoms with Crippen LogP contribution in [0.25, 0.3) is 0 Å². The topological polar surface area (TPSA) is 67.4 Å². The SMILES string of the molecule is COC(=O)/C=C(\C)NNC(=O)c1ccc(C)cc1. The predicted molar refractivity (Wildman–Crippen MR) is 67.6 cm³/mol. The van der Waals surface area contributed by atoms with E-state index >= 15 is 0 Å². The van der Waals surface area contributed by atoms with Gasteiger partial charge < -0.3 is 10.2 Å². The molecule has 5 nitrogen and oxygen atoms in total. The number of amides is 1. The predicted octanol–water partition coefficient (Wildman–Crippen LogP) is 1.31. The molecular weight excluding hydrogens is 232 g/mol. The number of benzene rings is 1. The Labute approximate surface area is 106 Å². The van der Waals surface area contributed by atoms with E-state index in [0.717, 1.165) is 5.56 Å². The van der Waals surface area contributed by atoms with E-state index in [9.17, 15) is 9.59 Å². The molecule has 0 fully saturated rings. The number of aryl methyl sites for hydroxylation is 1. The molecule has 0 atom stereocenters. The second-order valence-electron chi connectivity index (χ2n) is 3.80. The lowest BCUT2D eigenvalue weighted by Gasteiger charge is -2.08. The second-order valence-corrected chi connectivity index (χ2v) is 3.80. The molecule has 0 aliphatic rings. The van der Waals surface area contributed by atoms with E-state index in [4.69, 9.17) is 0 Å². The van der Waals surface area contributed by atoms with Gasteiger partial charge in [-0.1, -0.05) is 17.7 Å². The monoisotopic (exact) mass is 248 g/mol. The van der Waals surface area contributed by atoms with E-state index in [0.29, 0.717) is 11.3 Å². The summed E-state index contributed by atoms with van der Waals surface area (Å²) >= 11 is 0. The molecule has 0 aliphatic carbocycles. The van der Waals surface area contributed by atoms with Gasteiger partial charge in [0.15, 0.2) is 0 Å². The van der Waals surface area contributed by atoms with E-state index in [1.54, 1.807) is 19.1 Å². The summed E-state index contributed by atoms with van der Waals surface area (Å²) in [6, 6.07) is 7.16. The smallest absolute Gasteiger partial charge is 0.332 e. The number of methoxy groups -OCH3 is 1. The lowest BCUT2D eigenvalue weighted by molar-refractivity contribution is -0.134. The highest BCUT2D eigenvalue weighted by molar-refractivity contribution is 5.94. The molecule has 18 heavy (non-hydrogen) atoms. The van der Waals surface area contributed by atoms with Gasteiger partial charge in [0.1, 0.15) is 0 Å². The molecule has 0 unspecified atom stereocenters. The molecule has 0 radical (unpaired) electrons. The minimum absolute atomic E-state index is 0.271. The van der Waals surface area contributed by atoms with E-state index < -0.39 is 5.97 Å². The summed E-state index contributed by atoms with van der Waals surface area (Å²) in [4.78, 5) is 22.6. The molecule has 0 saturated carbocycles. The van der Waals surface area contributed by atoms with Gasteiger partial charge in [0.25, 0.3) is 5.91 Å². The van der Waals surface area contributed by atoms with Crippen molar-refractivity contribution in [2.24, 2.45) is 0 Å². The number of hydrogen-bond donors (Lipinski definition) is 2. The molecule has 1 rings (SSSR count). The van der Waals surface area contributed by atoms with Gasteiger partial charge in [-0.25, -0.2) is 4.79 Å². The molecule has 1 aromatic rings. The number of nitrogens with one attached hydrogen (secondary N) is 2. The van der Waals surface area contributed by atoms with Crippen molar-refractivity contribution in [3.05, 3.63) is 47.2 Å². The molecule has 5 heteroatoms. The first kappa shape index (κ1) is 13.8. The van der Waals surface area contributed by atoms with Gasteiger partial charge in [-0.15, -0.1) is 0 Å². The number of rotatable bonds is 4. The molecule has 1 aromatic carbocycles. The van der Waals surface area contributed by atoms with Crippen molar-refractivity contribution >= 4 is 11.9 Å². The molecule has 0 aromatic heterocycles. The number of hydrazine groups is 1. The van der Waals surface area contributed by atoms with Gasteiger partial charge in [-0.05, 0) is 26.0 Å². The van der Waals surface area contributed by atoms with Gasteiger partial charge in [0.2, 0.25) is 0 Å². The fraction of sp³-hybridized carbons (Fsp3) is 0.231. The van der Waals surface area contributed by atoms with Crippen LogP contribution in [0.4, 0.5) is 0 Å². The second kappa shape index (κ2) is 6.44. The number of carbonyl (C=O) groups excluding carboxylic acids is 2. The maximum absolute atomic E-state index is 11.7. The van der Waals surface area contributed by atoms with Crippen molar-refractivity contribution in [1.29, 1.82) is 0 Å². The Hall–Kier alpha value is -2.30. The maximum atomic E-state index is 11.7. The van der Waals surface area contributed by atoms with Crippen LogP contribution in [0.1, 0.15) is 22.8 Å². The van der Waals surface area contributed by atoms with Crippen molar-refractivity contribution in [3.63, 3.8) is 0 Å². The van der Waals surface area contributed by atoms with Gasteiger partial charge in [-0.3, -0.25) is 10.2 Å². The van der Waals surface area contributed by atoms with Crippen molar-refractivity contribution < 1.29 is 14.3 Å². The normalized spacial score (nSPS) is 10.7. The standard InChI is InChI=1S/C13H16N2O3/c1-9-4-6-11(7-5-9)13(17)15-14-10(2)8-12(16)18-3/h4-8,14H,1-3H3,(H,15,17)/b10-8+. The fourth-order valence-corrected chi connectivity index (χ4v) is 1.20. The molecule has 0 heterocycles. The third-order valence-electron chi connectivity index (χ3n) is 2.22. The van der Waals surface area contributed by atoms with Crippen LogP contribution in [-0.4, -0.2) is 19.0 Å². The zero-order chi connectivity index (χ0) is 13.5. The summed E-state index contributed by atoms with van der Waals surface area (Å²) in [5.74, 6) is -0.753. The van der Waals surface area contributed by atoms with Crippen LogP contribution in [0.15, 0.2) is 36.0 Å². The molecule has 1 amide bonds. The highest BCUT2D eigenvalue weighted by Gasteiger charge is 2.04. The average Bonchev–Trinajstić information content (AvgIpc) is 2.36. The largest absolute Gasteiger partial charge is 0.466 e. The van der Waals surface area contributed by atoms with Gasteiger partial charge in [-0.2, -0.15) is 0 Å². The Morgan fingerprint density at radius 2 is 1.78 bits per heavy atom. The quantitative estimate of drug-likeness (QED) is 0.479. The van der Waals surface area contributed by atoms with Crippen LogP contribution in [0, 0.1) is 6.92 Å². The highest BCUT2D eigenvalue weighted by Crippen LogP contribution is 2.02. The van der Waals surface area contributed by atoms with Crippen molar-refractivity contribution in [3.8, 4) is 0 Å². The Kier molecular flexibility index (Phi) is 4.92. The van der Waals surface area contributed by atoms with E-state index in [1.807, 2.05) is 19.1 Å². The number of esters is 1. The number of allylic oxidation sites excluding steroid dienone is 1. The van der Waals surface area contributed by atoms with Crippen molar-refractivity contribution in [1.82, 2.24) is 10.9 Å². The van der Waals surface area contributed by atoms with Crippen LogP contribution in [0.2, 0.25) is 0 Å². The molecule has 0 spiro atoms. The van der Waals surface area contributed by atoms with Gasteiger partial charge in [0, 0.05) is 17.3 Å². The summed E-state index contributed by atoms with van der Waals surface area (Å²) in [7, 11) is 1.29. The zero-order valence-electron chi connectivity index (χ0n) is 10.6. The molecular formula is C13H16N2O3. The summed E-state index contributed by atoms with van der Waals surface area (Å²) in [5, 5.41) is 0. The number of hydrogen-bond acceptors (Lipinski definition) is 4. The highest BCUT2D eigenvalue weighted by atomic mass is 16.5. The third kappa shape index (κ3) is 4.29. The van der Waals surface area contributed by atoms with E-state index in [-0.39, 0.29) is 5.91 Å². The summed E-state index contributed by atoms with van der Waals surface area (Å²) < 4.78 is 4.46. The van der Waals surface area contributed by atoms with Crippen LogP contribution < -0.4 is 10.9 Å². The first-order valence-electron chi connectivity index (χ1n) is 5.42. The van der Waals surface area contributed by atoms with Crippen LogP contribution in [0.5, 0.6) is 0 Å². The van der Waals surface area contributed by atoms with Crippen LogP contribution >= 0.6 is 0 Å². The maximum Gasteiger partial charge on any atom is 0.332 e. The molecule has 0 saturated heterocycles. The Bertz CT molecular complexity index is 464. The zero-order valence-corrected chi connectivity index (χ0v) is 10.6. The molecule has 0 bridgehead atoms. The number of ether oxygens (including phenoxy) is 1. The Morgan fingerprint density at radius 1 is 1.17 bits per heavy atom. The Balaban J connectivity index is 2.54. The summed E-state index contributed by atoms with van der Waals surface area (Å²) in [6.45, 7) is 3.59.